The standard InChI is InChI=1S/C22H25N3O3/c1-2-16-7-3-6-10-20(16)28-15-21(26)24-13-11-17(12-14-24)25-19-9-5-4-8-18(19)23-22(25)27/h3-10,17H,2,11-15H2,1H3,(H,23,27). The van der Waals surface area contributed by atoms with E-state index in [1.54, 1.807) is 0 Å². The average molecular weight is 379 g/mol. The zero-order valence-electron chi connectivity index (χ0n) is 16.1. The van der Waals surface area contributed by atoms with Gasteiger partial charge in [0.25, 0.3) is 5.91 Å². The van der Waals surface area contributed by atoms with E-state index in [1.807, 2.05) is 58.0 Å². The number of H-pyrrole nitrogens is 1. The summed E-state index contributed by atoms with van der Waals surface area (Å²) in [5.41, 5.74) is 2.81. The van der Waals surface area contributed by atoms with Gasteiger partial charge in [0.05, 0.1) is 11.0 Å². The normalized spacial score (nSPS) is 15.1. The molecule has 0 spiro atoms. The zero-order chi connectivity index (χ0) is 19.5. The number of aryl methyl sites for hydroxylation is 1. The fourth-order valence-corrected chi connectivity index (χ4v) is 3.98. The first-order valence-corrected chi connectivity index (χ1v) is 9.85. The summed E-state index contributed by atoms with van der Waals surface area (Å²) in [5.74, 6) is 0.772. The van der Waals surface area contributed by atoms with Crippen molar-refractivity contribution >= 4 is 16.9 Å². The fourth-order valence-electron chi connectivity index (χ4n) is 3.98. The molecule has 0 aliphatic carbocycles. The Morgan fingerprint density at radius 1 is 1.11 bits per heavy atom. The lowest BCUT2D eigenvalue weighted by Gasteiger charge is -2.32. The molecule has 146 valence electrons. The van der Waals surface area contributed by atoms with E-state index in [9.17, 15) is 9.59 Å². The Bertz CT molecular complexity index is 1030. The number of likely N-dealkylation sites (tertiary alicyclic amines) is 1. The van der Waals surface area contributed by atoms with Crippen molar-refractivity contribution in [2.24, 2.45) is 0 Å². The molecule has 0 radical (unpaired) electrons. The van der Waals surface area contributed by atoms with Gasteiger partial charge in [-0.2, -0.15) is 0 Å². The maximum absolute atomic E-state index is 12.6. The van der Waals surface area contributed by atoms with Crippen molar-refractivity contribution in [3.8, 4) is 5.75 Å². The number of rotatable bonds is 5. The number of nitrogens with one attached hydrogen (secondary N) is 1. The molecule has 1 saturated heterocycles. The molecule has 0 atom stereocenters. The smallest absolute Gasteiger partial charge is 0.326 e. The van der Waals surface area contributed by atoms with Gasteiger partial charge in [0.1, 0.15) is 5.75 Å². The van der Waals surface area contributed by atoms with Gasteiger partial charge in [0.15, 0.2) is 6.61 Å². The Morgan fingerprint density at radius 2 is 1.82 bits per heavy atom. The maximum atomic E-state index is 12.6. The number of aromatic nitrogens is 2. The summed E-state index contributed by atoms with van der Waals surface area (Å²) in [5, 5.41) is 0. The number of hydrogen-bond donors (Lipinski definition) is 1. The number of imidazole rings is 1. The highest BCUT2D eigenvalue weighted by Gasteiger charge is 2.26. The van der Waals surface area contributed by atoms with Crippen LogP contribution in [0.15, 0.2) is 53.3 Å². The Hall–Kier alpha value is -3.02. The molecule has 1 aliphatic rings. The molecular formula is C22H25N3O3. The van der Waals surface area contributed by atoms with E-state index in [0.717, 1.165) is 41.6 Å². The van der Waals surface area contributed by atoms with Gasteiger partial charge in [-0.3, -0.25) is 9.36 Å². The van der Waals surface area contributed by atoms with Crippen molar-refractivity contribution in [1.29, 1.82) is 0 Å². The van der Waals surface area contributed by atoms with Gasteiger partial charge in [-0.25, -0.2) is 4.79 Å². The average Bonchev–Trinajstić information content (AvgIpc) is 3.08. The molecule has 28 heavy (non-hydrogen) atoms. The van der Waals surface area contributed by atoms with Crippen molar-refractivity contribution in [3.63, 3.8) is 0 Å². The van der Waals surface area contributed by atoms with Crippen LogP contribution >= 0.6 is 0 Å². The molecule has 6 nitrogen and oxygen atoms in total. The lowest BCUT2D eigenvalue weighted by molar-refractivity contribution is -0.134. The predicted octanol–water partition coefficient (Wildman–Crippen LogP) is 3.13. The van der Waals surface area contributed by atoms with Crippen LogP contribution in [0.25, 0.3) is 11.0 Å². The highest BCUT2D eigenvalue weighted by atomic mass is 16.5. The lowest BCUT2D eigenvalue weighted by Crippen LogP contribution is -2.42. The number of carbonyl (C=O) groups excluding carboxylic acids is 1. The number of ether oxygens (including phenoxy) is 1. The molecule has 0 unspecified atom stereocenters. The molecule has 1 fully saturated rings. The van der Waals surface area contributed by atoms with Crippen molar-refractivity contribution < 1.29 is 9.53 Å². The number of benzene rings is 2. The fraction of sp³-hybridized carbons (Fsp3) is 0.364. The second-order valence-electron chi connectivity index (χ2n) is 7.18. The van der Waals surface area contributed by atoms with Gasteiger partial charge in [0, 0.05) is 19.1 Å². The Morgan fingerprint density at radius 3 is 2.61 bits per heavy atom. The second-order valence-corrected chi connectivity index (χ2v) is 7.18. The van der Waals surface area contributed by atoms with E-state index in [0.29, 0.717) is 13.1 Å². The van der Waals surface area contributed by atoms with Gasteiger partial charge < -0.3 is 14.6 Å². The second kappa shape index (κ2) is 7.92. The van der Waals surface area contributed by atoms with Gasteiger partial charge in [0.2, 0.25) is 0 Å². The first kappa shape index (κ1) is 18.3. The minimum atomic E-state index is -0.0783. The van der Waals surface area contributed by atoms with Crippen LogP contribution in [0.3, 0.4) is 0 Å². The van der Waals surface area contributed by atoms with Crippen LogP contribution in [0.5, 0.6) is 5.75 Å². The van der Waals surface area contributed by atoms with Gasteiger partial charge in [-0.05, 0) is 43.0 Å². The quantitative estimate of drug-likeness (QED) is 0.741. The third kappa shape index (κ3) is 3.54. The summed E-state index contributed by atoms with van der Waals surface area (Å²) < 4.78 is 7.61. The van der Waals surface area contributed by atoms with Crippen molar-refractivity contribution in [1.82, 2.24) is 14.5 Å². The monoisotopic (exact) mass is 379 g/mol. The molecule has 6 heteroatoms. The minimum absolute atomic E-state index is 0.00405. The van der Waals surface area contributed by atoms with Crippen LogP contribution in [0.2, 0.25) is 0 Å². The van der Waals surface area contributed by atoms with Crippen LogP contribution in [0, 0.1) is 0 Å². The number of piperidine rings is 1. The number of amides is 1. The summed E-state index contributed by atoms with van der Waals surface area (Å²) in [6.45, 7) is 3.39. The van der Waals surface area contributed by atoms with E-state index in [-0.39, 0.29) is 24.2 Å². The maximum Gasteiger partial charge on any atom is 0.326 e. The molecule has 1 aromatic heterocycles. The van der Waals surface area contributed by atoms with Gasteiger partial charge >= 0.3 is 5.69 Å². The summed E-state index contributed by atoms with van der Waals surface area (Å²) in [6.07, 6.45) is 2.40. The summed E-state index contributed by atoms with van der Waals surface area (Å²) in [7, 11) is 0. The highest BCUT2D eigenvalue weighted by molar-refractivity contribution is 5.78. The van der Waals surface area contributed by atoms with E-state index in [1.165, 1.54) is 0 Å². The molecule has 0 bridgehead atoms. The first-order valence-electron chi connectivity index (χ1n) is 9.85. The SMILES string of the molecule is CCc1ccccc1OCC(=O)N1CCC(n2c(=O)[nH]c3ccccc32)CC1. The molecule has 2 heterocycles. The van der Waals surface area contributed by atoms with Crippen LogP contribution in [-0.4, -0.2) is 40.1 Å². The van der Waals surface area contributed by atoms with Crippen LogP contribution < -0.4 is 10.4 Å². The third-order valence-corrected chi connectivity index (χ3v) is 5.51. The summed E-state index contributed by atoms with van der Waals surface area (Å²) in [4.78, 5) is 29.7. The van der Waals surface area contributed by atoms with E-state index in [4.69, 9.17) is 4.74 Å². The zero-order valence-corrected chi connectivity index (χ0v) is 16.1. The van der Waals surface area contributed by atoms with Crippen molar-refractivity contribution in [2.45, 2.75) is 32.2 Å². The highest BCUT2D eigenvalue weighted by Crippen LogP contribution is 2.25. The summed E-state index contributed by atoms with van der Waals surface area (Å²) >= 11 is 0. The van der Waals surface area contributed by atoms with Crippen LogP contribution in [0.4, 0.5) is 0 Å². The largest absolute Gasteiger partial charge is 0.483 e. The molecule has 1 aliphatic heterocycles. The number of hydrogen-bond acceptors (Lipinski definition) is 3. The van der Waals surface area contributed by atoms with Crippen LogP contribution in [0.1, 0.15) is 31.4 Å². The van der Waals surface area contributed by atoms with Crippen LogP contribution in [-0.2, 0) is 11.2 Å². The summed E-state index contributed by atoms with van der Waals surface area (Å²) in [6, 6.07) is 15.7. The van der Waals surface area contributed by atoms with Gasteiger partial charge in [-0.1, -0.05) is 37.3 Å². The van der Waals surface area contributed by atoms with E-state index in [2.05, 4.69) is 11.9 Å². The van der Waals surface area contributed by atoms with Crippen molar-refractivity contribution in [2.75, 3.05) is 19.7 Å². The molecule has 2 aromatic carbocycles. The molecule has 1 N–H and O–H groups in total. The number of aromatic amines is 1. The Kier molecular flexibility index (Phi) is 5.19. The lowest BCUT2D eigenvalue weighted by atomic mass is 10.0. The molecule has 4 rings (SSSR count). The molecule has 3 aromatic rings. The number of carbonyl (C=O) groups is 1. The topological polar surface area (TPSA) is 67.3 Å². The Balaban J connectivity index is 1.38. The molecule has 0 saturated carbocycles. The van der Waals surface area contributed by atoms with E-state index >= 15 is 0 Å². The molecular weight excluding hydrogens is 354 g/mol. The number of nitrogens with zero attached hydrogens (tertiary/aromatic N) is 2. The van der Waals surface area contributed by atoms with Gasteiger partial charge in [-0.15, -0.1) is 0 Å². The first-order chi connectivity index (χ1) is 13.7. The predicted molar refractivity (Wildman–Crippen MR) is 109 cm³/mol. The molecule has 1 amide bonds. The van der Waals surface area contributed by atoms with Crippen molar-refractivity contribution in [3.05, 3.63) is 64.6 Å². The number of para-hydroxylation sites is 3. The van der Waals surface area contributed by atoms with E-state index < -0.39 is 0 Å². The third-order valence-electron chi connectivity index (χ3n) is 5.51. The number of fused-ring (bicyclic) bond motifs is 1. The Labute approximate surface area is 163 Å². The minimum Gasteiger partial charge on any atom is -0.483 e.